The molecule has 212 valence electrons. The van der Waals surface area contributed by atoms with Crippen LogP contribution in [0.3, 0.4) is 0 Å². The van der Waals surface area contributed by atoms with E-state index in [9.17, 15) is 4.79 Å². The third-order valence-corrected chi connectivity index (χ3v) is 8.41. The first-order valence-electron chi connectivity index (χ1n) is 14.4. The van der Waals surface area contributed by atoms with E-state index in [0.29, 0.717) is 35.6 Å². The zero-order chi connectivity index (χ0) is 28.2. The first-order chi connectivity index (χ1) is 19.4. The van der Waals surface area contributed by atoms with Crippen LogP contribution in [0.15, 0.2) is 36.4 Å². The van der Waals surface area contributed by atoms with Crippen molar-refractivity contribution in [1.29, 1.82) is 5.41 Å². The zero-order valence-electron chi connectivity index (χ0n) is 23.6. The van der Waals surface area contributed by atoms with Gasteiger partial charge in [-0.3, -0.25) is 15.1 Å². The second kappa shape index (κ2) is 12.2. The normalized spacial score (nSPS) is 21.9. The van der Waals surface area contributed by atoms with Crippen molar-refractivity contribution in [1.82, 2.24) is 25.5 Å². The molecule has 1 fully saturated rings. The molecule has 0 radical (unpaired) electrons. The van der Waals surface area contributed by atoms with Gasteiger partial charge in [-0.05, 0) is 68.4 Å². The molecule has 0 aliphatic carbocycles. The van der Waals surface area contributed by atoms with Crippen molar-refractivity contribution >= 4 is 17.4 Å². The molecule has 10 nitrogen and oxygen atoms in total. The number of H-pyrrole nitrogens is 1. The number of carbonyl (C=O) groups is 1. The van der Waals surface area contributed by atoms with Crippen molar-refractivity contribution in [3.63, 3.8) is 0 Å². The Bertz CT molecular complexity index is 1330. The molecule has 3 aromatic rings. The lowest BCUT2D eigenvalue weighted by molar-refractivity contribution is -0.117. The Morgan fingerprint density at radius 1 is 1.23 bits per heavy atom. The van der Waals surface area contributed by atoms with Crippen molar-refractivity contribution in [2.45, 2.75) is 96.4 Å². The minimum Gasteiger partial charge on any atom is -0.485 e. The van der Waals surface area contributed by atoms with Crippen molar-refractivity contribution in [2.75, 3.05) is 5.32 Å². The summed E-state index contributed by atoms with van der Waals surface area (Å²) in [5.41, 5.74) is 10.4. The van der Waals surface area contributed by atoms with Crippen LogP contribution in [0.5, 0.6) is 5.75 Å². The fourth-order valence-electron chi connectivity index (χ4n) is 6.41. The van der Waals surface area contributed by atoms with Crippen LogP contribution in [0, 0.1) is 5.41 Å². The summed E-state index contributed by atoms with van der Waals surface area (Å²) < 4.78 is 6.15. The predicted octanol–water partition coefficient (Wildman–Crippen LogP) is 4.84. The maximum Gasteiger partial charge on any atom is 0.232 e. The van der Waals surface area contributed by atoms with Crippen molar-refractivity contribution in [3.05, 3.63) is 64.5 Å². The number of hydrogen-bond acceptors (Lipinski definition) is 7. The summed E-state index contributed by atoms with van der Waals surface area (Å²) in [5.74, 6) is 0.693. The maximum atomic E-state index is 13.5. The van der Waals surface area contributed by atoms with Crippen LogP contribution in [0.25, 0.3) is 0 Å². The van der Waals surface area contributed by atoms with E-state index >= 15 is 0 Å². The second-order valence-electron chi connectivity index (χ2n) is 11.2. The Kier molecular flexibility index (Phi) is 8.44. The van der Waals surface area contributed by atoms with E-state index in [4.69, 9.17) is 15.9 Å². The van der Waals surface area contributed by atoms with Gasteiger partial charge in [0.25, 0.3) is 0 Å². The van der Waals surface area contributed by atoms with Gasteiger partial charge in [0.1, 0.15) is 11.6 Å². The minimum atomic E-state index is -0.375. The highest BCUT2D eigenvalue weighted by Gasteiger charge is 2.36. The van der Waals surface area contributed by atoms with Crippen LogP contribution >= 0.6 is 0 Å². The molecular weight excluding hydrogens is 504 g/mol. The number of nitrogen functional groups attached to an aromatic ring is 1. The lowest BCUT2D eigenvalue weighted by atomic mass is 9.81. The Labute approximate surface area is 235 Å². The van der Waals surface area contributed by atoms with Crippen molar-refractivity contribution in [3.8, 4) is 5.75 Å². The number of hydrogen-bond donors (Lipinski definition) is 4. The van der Waals surface area contributed by atoms with Crippen LogP contribution in [0.4, 0.5) is 5.69 Å². The lowest BCUT2D eigenvalue weighted by Crippen LogP contribution is -2.46. The second-order valence-corrected chi connectivity index (χ2v) is 11.2. The van der Waals surface area contributed by atoms with Gasteiger partial charge in [-0.2, -0.15) is 5.21 Å². The Hall–Kier alpha value is -3.79. The molecule has 2 aromatic carbocycles. The fraction of sp³-hybridized carbons (Fsp3) is 0.500. The highest BCUT2D eigenvalue weighted by atomic mass is 16.5. The van der Waals surface area contributed by atoms with Gasteiger partial charge in [0.05, 0.1) is 5.92 Å². The molecule has 2 aliphatic rings. The molecule has 0 saturated carbocycles. The first-order valence-corrected chi connectivity index (χ1v) is 14.4. The summed E-state index contributed by atoms with van der Waals surface area (Å²) in [4.78, 5) is 16.2. The fourth-order valence-corrected chi connectivity index (χ4v) is 6.41. The molecule has 2 aliphatic heterocycles. The van der Waals surface area contributed by atoms with Crippen LogP contribution < -0.4 is 15.8 Å². The van der Waals surface area contributed by atoms with E-state index in [-0.39, 0.29) is 30.3 Å². The number of nitrogens with zero attached hydrogens (tertiary/aromatic N) is 4. The van der Waals surface area contributed by atoms with Gasteiger partial charge < -0.3 is 15.8 Å². The number of aromatic nitrogens is 4. The number of nitrogens with one attached hydrogen (secondary N) is 3. The monoisotopic (exact) mass is 544 g/mol. The topological polar surface area (TPSA) is 146 Å². The van der Waals surface area contributed by atoms with Crippen LogP contribution in [-0.2, 0) is 17.8 Å². The number of tetrazole rings is 1. The Morgan fingerprint density at radius 2 is 2.02 bits per heavy atom. The van der Waals surface area contributed by atoms with Gasteiger partial charge >= 0.3 is 0 Å². The number of carbonyl (C=O) groups excluding carboxylic acids is 1. The van der Waals surface area contributed by atoms with Crippen molar-refractivity contribution < 1.29 is 9.53 Å². The quantitative estimate of drug-likeness (QED) is 0.211. The van der Waals surface area contributed by atoms with Crippen molar-refractivity contribution in [2.24, 2.45) is 5.73 Å². The van der Waals surface area contributed by atoms with E-state index in [2.05, 4.69) is 57.7 Å². The molecular formula is C30H40N8O2. The molecule has 0 bridgehead atoms. The van der Waals surface area contributed by atoms with Crippen LogP contribution in [-0.4, -0.2) is 49.4 Å². The van der Waals surface area contributed by atoms with E-state index < -0.39 is 0 Å². The number of unbranched alkanes of at least 4 members (excludes halogenated alkanes) is 1. The zero-order valence-corrected chi connectivity index (χ0v) is 23.6. The molecule has 40 heavy (non-hydrogen) atoms. The van der Waals surface area contributed by atoms with Crippen LogP contribution in [0.1, 0.15) is 99.3 Å². The van der Waals surface area contributed by atoms with E-state index in [1.165, 1.54) is 24.8 Å². The standard InChI is InChI=1S/C30H40N8O2/c1-4-5-12-27(38-18(2)8-6-9-19(38)3)25-14-22(40-17-28-34-36-37-35-28)15-26-24(25)16-23(30(39)33-26)20-10-7-11-21(13-20)29(31)32/h7,10-11,13-15,18-19,23,27H,4-6,8-9,12,16-17H2,1-3H3,(H3,31,32)(H,33,39)(H,34,35,36,37). The van der Waals surface area contributed by atoms with Gasteiger partial charge in [0.15, 0.2) is 6.61 Å². The molecule has 4 atom stereocenters. The number of amidine groups is 1. The predicted molar refractivity (Wildman–Crippen MR) is 154 cm³/mol. The summed E-state index contributed by atoms with van der Waals surface area (Å²) in [6.45, 7) is 7.10. The molecule has 3 heterocycles. The third-order valence-electron chi connectivity index (χ3n) is 8.41. The highest BCUT2D eigenvalue weighted by Crippen LogP contribution is 2.44. The summed E-state index contributed by atoms with van der Waals surface area (Å²) in [5, 5.41) is 25.2. The van der Waals surface area contributed by atoms with Gasteiger partial charge in [0.2, 0.25) is 11.7 Å². The largest absolute Gasteiger partial charge is 0.485 e. The summed E-state index contributed by atoms with van der Waals surface area (Å²) >= 11 is 0. The number of likely N-dealkylation sites (tertiary alicyclic amines) is 1. The molecule has 1 saturated heterocycles. The van der Waals surface area contributed by atoms with E-state index in [1.54, 1.807) is 6.07 Å². The number of amides is 1. The van der Waals surface area contributed by atoms with Gasteiger partial charge in [-0.25, -0.2) is 0 Å². The van der Waals surface area contributed by atoms with Gasteiger partial charge in [-0.15, -0.1) is 10.2 Å². The average Bonchev–Trinajstić information content (AvgIpc) is 3.46. The molecule has 5 N–H and O–H groups in total. The number of benzene rings is 2. The Morgan fingerprint density at radius 3 is 2.73 bits per heavy atom. The number of anilines is 1. The van der Waals surface area contributed by atoms with Gasteiger partial charge in [-0.1, -0.05) is 49.6 Å². The third kappa shape index (κ3) is 5.86. The van der Waals surface area contributed by atoms with Crippen LogP contribution in [0.2, 0.25) is 0 Å². The summed E-state index contributed by atoms with van der Waals surface area (Å²) in [6.07, 6.45) is 7.43. The van der Waals surface area contributed by atoms with Gasteiger partial charge in [0, 0.05) is 35.4 Å². The lowest BCUT2D eigenvalue weighted by Gasteiger charge is -2.45. The number of fused-ring (bicyclic) bond motifs is 1. The summed E-state index contributed by atoms with van der Waals surface area (Å²) in [7, 11) is 0. The smallest absolute Gasteiger partial charge is 0.232 e. The molecule has 1 amide bonds. The average molecular weight is 545 g/mol. The minimum absolute atomic E-state index is 0.00440. The molecule has 4 unspecified atom stereocenters. The molecule has 5 rings (SSSR count). The maximum absolute atomic E-state index is 13.5. The Balaban J connectivity index is 1.58. The molecule has 10 heteroatoms. The SMILES string of the molecule is CCCCC(c1cc(OCc2nn[nH]n2)cc2c1CC(c1cccc(C(=N)N)c1)C(=O)N2)N1C(C)CCCC1C. The molecule has 1 aromatic heterocycles. The number of piperidine rings is 1. The molecule has 0 spiro atoms. The first kappa shape index (κ1) is 27.8. The number of nitrogens with two attached hydrogens (primary N) is 1. The highest BCUT2D eigenvalue weighted by molar-refractivity contribution is 6.00. The van der Waals surface area contributed by atoms with E-state index in [1.807, 2.05) is 24.3 Å². The summed E-state index contributed by atoms with van der Waals surface area (Å²) in [6, 6.07) is 12.7. The number of rotatable bonds is 10. The number of ether oxygens (including phenoxy) is 1. The van der Waals surface area contributed by atoms with E-state index in [0.717, 1.165) is 36.1 Å². The number of aromatic amines is 1.